The molecule has 0 amide bonds. The molecular formula is C10H17F3N4O2S. The molecule has 2 N–H and O–H groups in total. The number of nitrogens with two attached hydrogens (primary N) is 1. The molecule has 0 aromatic carbocycles. The van der Waals surface area contributed by atoms with Crippen molar-refractivity contribution in [2.75, 3.05) is 18.8 Å². The Labute approximate surface area is 115 Å². The number of alkyl halides is 3. The summed E-state index contributed by atoms with van der Waals surface area (Å²) in [6, 6.07) is 0. The van der Waals surface area contributed by atoms with Crippen LogP contribution in [0.3, 0.4) is 0 Å². The van der Waals surface area contributed by atoms with Crippen molar-refractivity contribution < 1.29 is 21.6 Å². The number of unbranched alkanes of at least 4 members (excludes halogenated alkanes) is 1. The third-order valence-electron chi connectivity index (χ3n) is 2.61. The second kappa shape index (κ2) is 6.00. The second-order valence-electron chi connectivity index (χ2n) is 4.35. The monoisotopic (exact) mass is 314 g/mol. The molecule has 0 fully saturated rings. The number of nitrogen functional groups attached to an aromatic ring is 1. The smallest absolute Gasteiger partial charge is 0.381 e. The number of rotatable bonds is 6. The third kappa shape index (κ3) is 3.85. The van der Waals surface area contributed by atoms with E-state index in [4.69, 9.17) is 5.73 Å². The van der Waals surface area contributed by atoms with Gasteiger partial charge in [0, 0.05) is 13.6 Å². The zero-order valence-corrected chi connectivity index (χ0v) is 12.0. The SMILES string of the molecule is CCCCN(CC(F)(F)F)S(=O)(=O)c1c(N)ncn1C. The lowest BCUT2D eigenvalue weighted by molar-refractivity contribution is -0.136. The van der Waals surface area contributed by atoms with Crippen molar-refractivity contribution in [1.29, 1.82) is 0 Å². The number of halogens is 3. The summed E-state index contributed by atoms with van der Waals surface area (Å²) >= 11 is 0. The van der Waals surface area contributed by atoms with E-state index in [9.17, 15) is 21.6 Å². The molecular weight excluding hydrogens is 297 g/mol. The standard InChI is InChI=1S/C10H17F3N4O2S/c1-3-4-5-17(6-10(11,12)13)20(18,19)9-8(14)15-7-16(9)2/h7H,3-6,14H2,1-2H3. The molecule has 0 aliphatic carbocycles. The predicted molar refractivity (Wildman–Crippen MR) is 67.3 cm³/mol. The van der Waals surface area contributed by atoms with Crippen LogP contribution in [0, 0.1) is 0 Å². The molecule has 1 aromatic heterocycles. The van der Waals surface area contributed by atoms with E-state index in [1.807, 2.05) is 0 Å². The van der Waals surface area contributed by atoms with Crippen LogP contribution in [0.5, 0.6) is 0 Å². The summed E-state index contributed by atoms with van der Waals surface area (Å²) in [6.45, 7) is -0.000260. The first-order valence-electron chi connectivity index (χ1n) is 5.93. The molecule has 0 aliphatic rings. The van der Waals surface area contributed by atoms with Crippen molar-refractivity contribution in [3.8, 4) is 0 Å². The summed E-state index contributed by atoms with van der Waals surface area (Å²) in [5.74, 6) is -0.309. The van der Waals surface area contributed by atoms with E-state index in [1.165, 1.54) is 7.05 Å². The van der Waals surface area contributed by atoms with E-state index in [1.54, 1.807) is 6.92 Å². The van der Waals surface area contributed by atoms with Crippen LogP contribution in [0.1, 0.15) is 19.8 Å². The normalized spacial score (nSPS) is 13.1. The van der Waals surface area contributed by atoms with Crippen molar-refractivity contribution in [2.45, 2.75) is 31.0 Å². The molecule has 0 bridgehead atoms. The van der Waals surface area contributed by atoms with E-state index in [0.29, 0.717) is 17.1 Å². The van der Waals surface area contributed by atoms with Gasteiger partial charge in [-0.15, -0.1) is 0 Å². The lowest BCUT2D eigenvalue weighted by Crippen LogP contribution is -2.40. The quantitative estimate of drug-likeness (QED) is 0.859. The molecule has 0 atom stereocenters. The fourth-order valence-electron chi connectivity index (χ4n) is 1.69. The Hall–Kier alpha value is -1.29. The molecule has 6 nitrogen and oxygen atoms in total. The van der Waals surface area contributed by atoms with Gasteiger partial charge in [0.2, 0.25) is 0 Å². The van der Waals surface area contributed by atoms with Gasteiger partial charge in [0.25, 0.3) is 10.0 Å². The van der Waals surface area contributed by atoms with Crippen LogP contribution in [0.25, 0.3) is 0 Å². The molecule has 1 rings (SSSR count). The van der Waals surface area contributed by atoms with Crippen LogP contribution in [0.15, 0.2) is 11.4 Å². The van der Waals surface area contributed by atoms with Gasteiger partial charge in [-0.1, -0.05) is 13.3 Å². The molecule has 116 valence electrons. The molecule has 0 unspecified atom stereocenters. The van der Waals surface area contributed by atoms with E-state index in [2.05, 4.69) is 4.98 Å². The molecule has 0 saturated carbocycles. The summed E-state index contributed by atoms with van der Waals surface area (Å²) in [4.78, 5) is 3.60. The number of aryl methyl sites for hydroxylation is 1. The fraction of sp³-hybridized carbons (Fsp3) is 0.700. The van der Waals surface area contributed by atoms with Crippen molar-refractivity contribution in [3.05, 3.63) is 6.33 Å². The topological polar surface area (TPSA) is 81.2 Å². The molecule has 0 spiro atoms. The Kier molecular flexibility index (Phi) is 5.03. The first-order valence-corrected chi connectivity index (χ1v) is 7.37. The van der Waals surface area contributed by atoms with Crippen LogP contribution in [0.2, 0.25) is 0 Å². The van der Waals surface area contributed by atoms with Crippen LogP contribution in [-0.4, -0.2) is 41.5 Å². The molecule has 0 aliphatic heterocycles. The first-order chi connectivity index (χ1) is 9.09. The largest absolute Gasteiger partial charge is 0.402 e. The Balaban J connectivity index is 3.17. The first kappa shape index (κ1) is 16.8. The number of nitrogens with zero attached hydrogens (tertiary/aromatic N) is 3. The molecule has 10 heteroatoms. The van der Waals surface area contributed by atoms with E-state index in [0.717, 1.165) is 10.9 Å². The minimum atomic E-state index is -4.62. The van der Waals surface area contributed by atoms with Crippen LogP contribution < -0.4 is 5.73 Å². The van der Waals surface area contributed by atoms with E-state index < -0.39 is 27.8 Å². The van der Waals surface area contributed by atoms with Gasteiger partial charge in [0.1, 0.15) is 6.54 Å². The maximum Gasteiger partial charge on any atom is 0.402 e. The highest BCUT2D eigenvalue weighted by atomic mass is 32.2. The van der Waals surface area contributed by atoms with Gasteiger partial charge in [-0.2, -0.15) is 17.5 Å². The summed E-state index contributed by atoms with van der Waals surface area (Å²) in [5.41, 5.74) is 5.44. The zero-order chi connectivity index (χ0) is 15.6. The lowest BCUT2D eigenvalue weighted by atomic mass is 10.3. The Morgan fingerprint density at radius 3 is 2.45 bits per heavy atom. The Morgan fingerprint density at radius 2 is 2.05 bits per heavy atom. The summed E-state index contributed by atoms with van der Waals surface area (Å²) < 4.78 is 63.7. The average Bonchev–Trinajstić information content (AvgIpc) is 2.63. The van der Waals surface area contributed by atoms with Crippen LogP contribution >= 0.6 is 0 Å². The summed E-state index contributed by atoms with van der Waals surface area (Å²) in [7, 11) is -2.97. The molecule has 0 radical (unpaired) electrons. The Bertz CT molecular complexity index is 534. The highest BCUT2D eigenvalue weighted by molar-refractivity contribution is 7.89. The molecule has 1 aromatic rings. The van der Waals surface area contributed by atoms with Crippen LogP contribution in [0.4, 0.5) is 19.0 Å². The Morgan fingerprint density at radius 1 is 1.45 bits per heavy atom. The number of anilines is 1. The van der Waals surface area contributed by atoms with Gasteiger partial charge in [-0.25, -0.2) is 13.4 Å². The van der Waals surface area contributed by atoms with Crippen molar-refractivity contribution in [2.24, 2.45) is 7.05 Å². The highest BCUT2D eigenvalue weighted by Gasteiger charge is 2.38. The van der Waals surface area contributed by atoms with Gasteiger partial charge < -0.3 is 10.3 Å². The number of imidazole rings is 1. The van der Waals surface area contributed by atoms with Gasteiger partial charge in [-0.3, -0.25) is 0 Å². The minimum absolute atomic E-state index is 0.219. The average molecular weight is 314 g/mol. The highest BCUT2D eigenvalue weighted by Crippen LogP contribution is 2.25. The molecule has 0 saturated heterocycles. The van der Waals surface area contributed by atoms with Gasteiger partial charge in [0.05, 0.1) is 6.33 Å². The van der Waals surface area contributed by atoms with Crippen LogP contribution in [-0.2, 0) is 17.1 Å². The van der Waals surface area contributed by atoms with Gasteiger partial charge >= 0.3 is 6.18 Å². The number of hydrogen-bond acceptors (Lipinski definition) is 4. The minimum Gasteiger partial charge on any atom is -0.381 e. The number of aromatic nitrogens is 2. The number of sulfonamides is 1. The molecule has 20 heavy (non-hydrogen) atoms. The second-order valence-corrected chi connectivity index (χ2v) is 6.21. The fourth-order valence-corrected chi connectivity index (χ4v) is 3.35. The third-order valence-corrected chi connectivity index (χ3v) is 4.59. The number of hydrogen-bond donors (Lipinski definition) is 1. The van der Waals surface area contributed by atoms with Gasteiger partial charge in [0.15, 0.2) is 10.8 Å². The van der Waals surface area contributed by atoms with Crippen molar-refractivity contribution >= 4 is 15.8 Å². The summed E-state index contributed by atoms with van der Waals surface area (Å²) in [6.07, 6.45) is -2.57. The van der Waals surface area contributed by atoms with Crippen molar-refractivity contribution in [1.82, 2.24) is 13.9 Å². The maximum absolute atomic E-state index is 12.5. The van der Waals surface area contributed by atoms with E-state index >= 15 is 0 Å². The zero-order valence-electron chi connectivity index (χ0n) is 11.2. The summed E-state index contributed by atoms with van der Waals surface area (Å²) in [5, 5.41) is -0.419. The predicted octanol–water partition coefficient (Wildman–Crippen LogP) is 1.36. The van der Waals surface area contributed by atoms with E-state index in [-0.39, 0.29) is 12.4 Å². The van der Waals surface area contributed by atoms with Gasteiger partial charge in [-0.05, 0) is 6.42 Å². The molecule has 1 heterocycles. The lowest BCUT2D eigenvalue weighted by Gasteiger charge is -2.23. The maximum atomic E-state index is 12.5. The van der Waals surface area contributed by atoms with Crippen molar-refractivity contribution in [3.63, 3.8) is 0 Å².